The highest BCUT2D eigenvalue weighted by Crippen LogP contribution is 2.05. The smallest absolute Gasteiger partial charge is 0.233 e. The van der Waals surface area contributed by atoms with Crippen molar-refractivity contribution in [3.63, 3.8) is 0 Å². The second kappa shape index (κ2) is 5.05. The highest BCUT2D eigenvalue weighted by molar-refractivity contribution is 6.49. The van der Waals surface area contributed by atoms with Gasteiger partial charge in [-0.25, -0.2) is 0 Å². The van der Waals surface area contributed by atoms with Crippen LogP contribution in [0.4, 0.5) is 0 Å². The molecular weight excluding hydrogens is 188 g/mol. The molecule has 76 valence electrons. The number of allylic oxidation sites excluding steroid dienone is 3. The summed E-state index contributed by atoms with van der Waals surface area (Å²) in [6, 6.07) is 8.51. The Morgan fingerprint density at radius 2 is 1.80 bits per heavy atom. The second-order valence-electron chi connectivity index (χ2n) is 3.11. The third-order valence-corrected chi connectivity index (χ3v) is 1.97. The molecule has 0 aromatic heterocycles. The van der Waals surface area contributed by atoms with Crippen LogP contribution in [0.15, 0.2) is 54.6 Å². The summed E-state index contributed by atoms with van der Waals surface area (Å²) in [4.78, 5) is 23.2. The van der Waals surface area contributed by atoms with Gasteiger partial charge in [0.25, 0.3) is 0 Å². The van der Waals surface area contributed by atoms with Gasteiger partial charge in [-0.1, -0.05) is 49.1 Å². The fourth-order valence-corrected chi connectivity index (χ4v) is 1.15. The number of hydrogen-bond donors (Lipinski definition) is 0. The molecule has 2 nitrogen and oxygen atoms in total. The van der Waals surface area contributed by atoms with Gasteiger partial charge in [0, 0.05) is 11.1 Å². The average Bonchev–Trinajstić information content (AvgIpc) is 2.28. The summed E-state index contributed by atoms with van der Waals surface area (Å²) in [6.07, 6.45) is 3.02. The van der Waals surface area contributed by atoms with Gasteiger partial charge >= 0.3 is 0 Å². The molecule has 0 bridgehead atoms. The molecule has 0 fully saturated rings. The quantitative estimate of drug-likeness (QED) is 0.324. The second-order valence-corrected chi connectivity index (χ2v) is 3.11. The molecule has 0 aliphatic carbocycles. The predicted molar refractivity (Wildman–Crippen MR) is 59.7 cm³/mol. The molecule has 0 aliphatic heterocycles. The molecule has 0 heterocycles. The monoisotopic (exact) mass is 200 g/mol. The van der Waals surface area contributed by atoms with Crippen molar-refractivity contribution in [1.29, 1.82) is 0 Å². The van der Waals surface area contributed by atoms with Crippen molar-refractivity contribution in [3.8, 4) is 0 Å². The van der Waals surface area contributed by atoms with Crippen LogP contribution in [0.1, 0.15) is 17.3 Å². The Labute approximate surface area is 88.9 Å². The van der Waals surface area contributed by atoms with E-state index in [9.17, 15) is 9.59 Å². The molecular formula is C13H12O2. The highest BCUT2D eigenvalue weighted by atomic mass is 16.2. The van der Waals surface area contributed by atoms with Crippen LogP contribution in [0, 0.1) is 0 Å². The molecule has 15 heavy (non-hydrogen) atoms. The van der Waals surface area contributed by atoms with Gasteiger partial charge < -0.3 is 0 Å². The van der Waals surface area contributed by atoms with Crippen LogP contribution in [0.5, 0.6) is 0 Å². The Kier molecular flexibility index (Phi) is 3.75. The average molecular weight is 200 g/mol. The molecule has 0 atom stereocenters. The zero-order valence-corrected chi connectivity index (χ0v) is 8.57. The SMILES string of the molecule is C=C/C=C(\C)C(=O)C(=O)c1ccccc1. The Hall–Kier alpha value is -1.96. The number of Topliss-reactive ketones (excluding diaryl/α,β-unsaturated/α-hetero) is 2. The van der Waals surface area contributed by atoms with Gasteiger partial charge in [0.2, 0.25) is 11.6 Å². The van der Waals surface area contributed by atoms with E-state index in [0.717, 1.165) is 0 Å². The van der Waals surface area contributed by atoms with Crippen LogP contribution in [-0.2, 0) is 4.79 Å². The first kappa shape index (κ1) is 11.1. The standard InChI is InChI=1S/C13H12O2/c1-3-7-10(2)12(14)13(15)11-8-5-4-6-9-11/h3-9H,1H2,2H3/b10-7+. The van der Waals surface area contributed by atoms with E-state index in [1.54, 1.807) is 37.3 Å². The first-order chi connectivity index (χ1) is 7.16. The van der Waals surface area contributed by atoms with Crippen molar-refractivity contribution in [2.24, 2.45) is 0 Å². The maximum absolute atomic E-state index is 11.6. The van der Waals surface area contributed by atoms with Gasteiger partial charge in [-0.15, -0.1) is 0 Å². The summed E-state index contributed by atoms with van der Waals surface area (Å²) in [5.74, 6) is -0.965. The van der Waals surface area contributed by atoms with E-state index < -0.39 is 11.6 Å². The van der Waals surface area contributed by atoms with Gasteiger partial charge in [0.15, 0.2) is 0 Å². The van der Waals surface area contributed by atoms with Crippen molar-refractivity contribution in [2.75, 3.05) is 0 Å². The molecule has 0 aliphatic rings. The number of carbonyl (C=O) groups is 2. The van der Waals surface area contributed by atoms with E-state index in [1.807, 2.05) is 0 Å². The van der Waals surface area contributed by atoms with Crippen LogP contribution < -0.4 is 0 Å². The summed E-state index contributed by atoms with van der Waals surface area (Å²) >= 11 is 0. The highest BCUT2D eigenvalue weighted by Gasteiger charge is 2.16. The van der Waals surface area contributed by atoms with Gasteiger partial charge in [0.05, 0.1) is 0 Å². The Bertz CT molecular complexity index is 413. The first-order valence-electron chi connectivity index (χ1n) is 4.60. The Morgan fingerprint density at radius 3 is 2.33 bits per heavy atom. The molecule has 0 amide bonds. The predicted octanol–water partition coefficient (Wildman–Crippen LogP) is 2.57. The third kappa shape index (κ3) is 2.74. The molecule has 0 unspecified atom stereocenters. The molecule has 0 saturated carbocycles. The van der Waals surface area contributed by atoms with E-state index in [1.165, 1.54) is 12.2 Å². The normalized spacial score (nSPS) is 10.9. The zero-order chi connectivity index (χ0) is 11.3. The number of rotatable bonds is 4. The lowest BCUT2D eigenvalue weighted by atomic mass is 10.0. The summed E-state index contributed by atoms with van der Waals surface area (Å²) in [6.45, 7) is 5.08. The Balaban J connectivity index is 2.92. The number of benzene rings is 1. The lowest BCUT2D eigenvalue weighted by Gasteiger charge is -1.99. The lowest BCUT2D eigenvalue weighted by molar-refractivity contribution is -0.111. The van der Waals surface area contributed by atoms with Crippen molar-refractivity contribution >= 4 is 11.6 Å². The van der Waals surface area contributed by atoms with E-state index >= 15 is 0 Å². The van der Waals surface area contributed by atoms with Crippen molar-refractivity contribution in [2.45, 2.75) is 6.92 Å². The summed E-state index contributed by atoms with van der Waals surface area (Å²) in [7, 11) is 0. The van der Waals surface area contributed by atoms with E-state index in [4.69, 9.17) is 0 Å². The number of hydrogen-bond acceptors (Lipinski definition) is 2. The molecule has 0 saturated heterocycles. The zero-order valence-electron chi connectivity index (χ0n) is 8.57. The van der Waals surface area contributed by atoms with Crippen molar-refractivity contribution < 1.29 is 9.59 Å². The third-order valence-electron chi connectivity index (χ3n) is 1.97. The number of ketones is 2. The largest absolute Gasteiger partial charge is 0.285 e. The van der Waals surface area contributed by atoms with Crippen LogP contribution in [0.25, 0.3) is 0 Å². The molecule has 0 N–H and O–H groups in total. The summed E-state index contributed by atoms with van der Waals surface area (Å²) in [5.41, 5.74) is 0.818. The fraction of sp³-hybridized carbons (Fsp3) is 0.0769. The van der Waals surface area contributed by atoms with Gasteiger partial charge in [-0.3, -0.25) is 9.59 Å². The van der Waals surface area contributed by atoms with E-state index in [0.29, 0.717) is 11.1 Å². The van der Waals surface area contributed by atoms with Gasteiger partial charge in [-0.2, -0.15) is 0 Å². The van der Waals surface area contributed by atoms with Crippen LogP contribution in [-0.4, -0.2) is 11.6 Å². The minimum absolute atomic E-state index is 0.402. The molecule has 1 aromatic rings. The van der Waals surface area contributed by atoms with Crippen molar-refractivity contribution in [3.05, 3.63) is 60.2 Å². The van der Waals surface area contributed by atoms with Crippen LogP contribution in [0.3, 0.4) is 0 Å². The van der Waals surface area contributed by atoms with Crippen LogP contribution in [0.2, 0.25) is 0 Å². The molecule has 1 rings (SSSR count). The van der Waals surface area contributed by atoms with E-state index in [2.05, 4.69) is 6.58 Å². The maximum Gasteiger partial charge on any atom is 0.233 e. The minimum Gasteiger partial charge on any atom is -0.285 e. The molecule has 1 aromatic carbocycles. The topological polar surface area (TPSA) is 34.1 Å². The Morgan fingerprint density at radius 1 is 1.20 bits per heavy atom. The first-order valence-corrected chi connectivity index (χ1v) is 4.60. The van der Waals surface area contributed by atoms with E-state index in [-0.39, 0.29) is 0 Å². The van der Waals surface area contributed by atoms with Crippen molar-refractivity contribution in [1.82, 2.24) is 0 Å². The maximum atomic E-state index is 11.6. The molecule has 0 radical (unpaired) electrons. The summed E-state index contributed by atoms with van der Waals surface area (Å²) < 4.78 is 0. The van der Waals surface area contributed by atoms with Gasteiger partial charge in [0.1, 0.15) is 0 Å². The summed E-state index contributed by atoms with van der Waals surface area (Å²) in [5, 5.41) is 0. The fourth-order valence-electron chi connectivity index (χ4n) is 1.15. The molecule has 2 heteroatoms. The molecule has 0 spiro atoms. The van der Waals surface area contributed by atoms with Crippen LogP contribution >= 0.6 is 0 Å². The minimum atomic E-state index is -0.485. The lowest BCUT2D eigenvalue weighted by Crippen LogP contribution is -2.14. The number of carbonyl (C=O) groups excluding carboxylic acids is 2. The van der Waals surface area contributed by atoms with Gasteiger partial charge in [-0.05, 0) is 6.92 Å².